The van der Waals surface area contributed by atoms with Crippen LogP contribution in [-0.4, -0.2) is 23.1 Å². The van der Waals surface area contributed by atoms with Crippen LogP contribution < -0.4 is 4.74 Å². The highest BCUT2D eigenvalue weighted by atomic mass is 35.5. The third kappa shape index (κ3) is 2.63. The van der Waals surface area contributed by atoms with Crippen molar-refractivity contribution >= 4 is 17.4 Å². The standard InChI is InChI=1S/C14H11ClO4/c1-19-13-7-9(17)3-5-11(13)14(18)10-4-2-8(16)6-12(10)15/h2-7,16-17H,1H3. The number of ketones is 1. The Labute approximate surface area is 114 Å². The van der Waals surface area contributed by atoms with Gasteiger partial charge < -0.3 is 14.9 Å². The minimum absolute atomic E-state index is 0.00482. The lowest BCUT2D eigenvalue weighted by Crippen LogP contribution is -2.04. The molecule has 0 bridgehead atoms. The first-order chi connectivity index (χ1) is 9.02. The molecule has 0 spiro atoms. The number of ether oxygens (including phenoxy) is 1. The van der Waals surface area contributed by atoms with Gasteiger partial charge in [0.1, 0.15) is 17.2 Å². The summed E-state index contributed by atoms with van der Waals surface area (Å²) < 4.78 is 5.06. The molecule has 0 saturated carbocycles. The van der Waals surface area contributed by atoms with E-state index in [4.69, 9.17) is 16.3 Å². The van der Waals surface area contributed by atoms with Crippen molar-refractivity contribution in [1.82, 2.24) is 0 Å². The Balaban J connectivity index is 2.50. The van der Waals surface area contributed by atoms with Crippen molar-refractivity contribution in [2.45, 2.75) is 0 Å². The Morgan fingerprint density at radius 2 is 1.63 bits per heavy atom. The van der Waals surface area contributed by atoms with Gasteiger partial charge in [-0.2, -0.15) is 0 Å². The van der Waals surface area contributed by atoms with Gasteiger partial charge in [0.15, 0.2) is 5.78 Å². The molecule has 0 aliphatic rings. The second kappa shape index (κ2) is 5.20. The molecule has 0 fully saturated rings. The van der Waals surface area contributed by atoms with E-state index in [0.29, 0.717) is 0 Å². The third-order valence-corrected chi connectivity index (χ3v) is 2.94. The number of rotatable bonds is 3. The van der Waals surface area contributed by atoms with Crippen molar-refractivity contribution in [2.24, 2.45) is 0 Å². The van der Waals surface area contributed by atoms with Crippen LogP contribution in [0.3, 0.4) is 0 Å². The second-order valence-electron chi connectivity index (χ2n) is 3.88. The molecule has 0 amide bonds. The van der Waals surface area contributed by atoms with Gasteiger partial charge in [-0.15, -0.1) is 0 Å². The fourth-order valence-corrected chi connectivity index (χ4v) is 1.96. The molecule has 0 aromatic heterocycles. The summed E-state index contributed by atoms with van der Waals surface area (Å²) in [6, 6.07) is 8.31. The van der Waals surface area contributed by atoms with Crippen LogP contribution in [0.2, 0.25) is 5.02 Å². The van der Waals surface area contributed by atoms with E-state index in [-0.39, 0.29) is 39.2 Å². The summed E-state index contributed by atoms with van der Waals surface area (Å²) in [5.74, 6) is -0.0968. The van der Waals surface area contributed by atoms with Crippen LogP contribution in [0.1, 0.15) is 15.9 Å². The summed E-state index contributed by atoms with van der Waals surface area (Å²) in [7, 11) is 1.41. The predicted octanol–water partition coefficient (Wildman–Crippen LogP) is 2.99. The maximum Gasteiger partial charge on any atom is 0.198 e. The predicted molar refractivity (Wildman–Crippen MR) is 71.2 cm³/mol. The van der Waals surface area contributed by atoms with E-state index in [2.05, 4.69) is 0 Å². The van der Waals surface area contributed by atoms with Gasteiger partial charge in [-0.25, -0.2) is 0 Å². The average molecular weight is 279 g/mol. The SMILES string of the molecule is COc1cc(O)ccc1C(=O)c1ccc(O)cc1Cl. The summed E-state index contributed by atoms with van der Waals surface area (Å²) in [4.78, 5) is 12.3. The fourth-order valence-electron chi connectivity index (χ4n) is 1.70. The Kier molecular flexibility index (Phi) is 3.62. The van der Waals surface area contributed by atoms with Gasteiger partial charge in [0.25, 0.3) is 0 Å². The van der Waals surface area contributed by atoms with Crippen LogP contribution in [0, 0.1) is 0 Å². The number of hydrogen-bond acceptors (Lipinski definition) is 4. The smallest absolute Gasteiger partial charge is 0.198 e. The Morgan fingerprint density at radius 3 is 2.21 bits per heavy atom. The molecular weight excluding hydrogens is 268 g/mol. The van der Waals surface area contributed by atoms with Gasteiger partial charge in [0, 0.05) is 11.6 Å². The highest BCUT2D eigenvalue weighted by Gasteiger charge is 2.17. The molecule has 0 saturated heterocycles. The van der Waals surface area contributed by atoms with Crippen LogP contribution in [0.15, 0.2) is 36.4 Å². The van der Waals surface area contributed by atoms with Gasteiger partial charge in [0.2, 0.25) is 0 Å². The lowest BCUT2D eigenvalue weighted by atomic mass is 10.0. The molecule has 4 nitrogen and oxygen atoms in total. The van der Waals surface area contributed by atoms with Crippen molar-refractivity contribution in [3.05, 3.63) is 52.5 Å². The molecule has 19 heavy (non-hydrogen) atoms. The normalized spacial score (nSPS) is 10.2. The first kappa shape index (κ1) is 13.2. The number of carbonyl (C=O) groups excluding carboxylic acids is 1. The number of carbonyl (C=O) groups is 1. The number of phenolic OH excluding ortho intramolecular Hbond substituents is 2. The quantitative estimate of drug-likeness (QED) is 0.847. The van der Waals surface area contributed by atoms with E-state index in [1.165, 1.54) is 43.5 Å². The highest BCUT2D eigenvalue weighted by Crippen LogP contribution is 2.29. The molecule has 0 radical (unpaired) electrons. The van der Waals surface area contributed by atoms with E-state index in [1.54, 1.807) is 0 Å². The molecule has 98 valence electrons. The zero-order valence-electron chi connectivity index (χ0n) is 10.1. The summed E-state index contributed by atoms with van der Waals surface area (Å²) in [6.07, 6.45) is 0. The number of aromatic hydroxyl groups is 2. The van der Waals surface area contributed by atoms with Crippen LogP contribution in [0.5, 0.6) is 17.2 Å². The Hall–Kier alpha value is -2.20. The fraction of sp³-hybridized carbons (Fsp3) is 0.0714. The van der Waals surface area contributed by atoms with Crippen molar-refractivity contribution in [1.29, 1.82) is 0 Å². The van der Waals surface area contributed by atoms with Gasteiger partial charge in [0.05, 0.1) is 17.7 Å². The van der Waals surface area contributed by atoms with Crippen LogP contribution in [0.4, 0.5) is 0 Å². The first-order valence-corrected chi connectivity index (χ1v) is 5.81. The van der Waals surface area contributed by atoms with Gasteiger partial charge >= 0.3 is 0 Å². The summed E-state index contributed by atoms with van der Waals surface area (Å²) in [6.45, 7) is 0. The summed E-state index contributed by atoms with van der Waals surface area (Å²) >= 11 is 5.93. The lowest BCUT2D eigenvalue weighted by Gasteiger charge is -2.09. The van der Waals surface area contributed by atoms with Gasteiger partial charge in [-0.3, -0.25) is 4.79 Å². The van der Waals surface area contributed by atoms with E-state index < -0.39 is 0 Å². The first-order valence-electron chi connectivity index (χ1n) is 5.43. The molecule has 5 heteroatoms. The highest BCUT2D eigenvalue weighted by molar-refractivity contribution is 6.35. The molecule has 0 unspecified atom stereocenters. The minimum atomic E-state index is -0.346. The largest absolute Gasteiger partial charge is 0.508 e. The molecule has 0 atom stereocenters. The minimum Gasteiger partial charge on any atom is -0.508 e. The summed E-state index contributed by atoms with van der Waals surface area (Å²) in [5.41, 5.74) is 0.538. The Morgan fingerprint density at radius 1 is 1.05 bits per heavy atom. The molecule has 2 aromatic rings. The van der Waals surface area contributed by atoms with E-state index in [1.807, 2.05) is 0 Å². The maximum atomic E-state index is 12.3. The number of hydrogen-bond donors (Lipinski definition) is 2. The molecular formula is C14H11ClO4. The van der Waals surface area contributed by atoms with Crippen LogP contribution in [-0.2, 0) is 0 Å². The average Bonchev–Trinajstić information content (AvgIpc) is 2.37. The number of halogens is 1. The van der Waals surface area contributed by atoms with E-state index in [9.17, 15) is 15.0 Å². The number of benzene rings is 2. The van der Waals surface area contributed by atoms with E-state index >= 15 is 0 Å². The van der Waals surface area contributed by atoms with Gasteiger partial charge in [-0.1, -0.05) is 11.6 Å². The molecule has 2 N–H and O–H groups in total. The van der Waals surface area contributed by atoms with Crippen LogP contribution >= 0.6 is 11.6 Å². The molecule has 0 heterocycles. The van der Waals surface area contributed by atoms with E-state index in [0.717, 1.165) is 0 Å². The van der Waals surface area contributed by atoms with Gasteiger partial charge in [-0.05, 0) is 30.3 Å². The topological polar surface area (TPSA) is 66.8 Å². The van der Waals surface area contributed by atoms with Crippen molar-refractivity contribution in [2.75, 3.05) is 7.11 Å². The lowest BCUT2D eigenvalue weighted by molar-refractivity contribution is 0.103. The zero-order valence-corrected chi connectivity index (χ0v) is 10.8. The van der Waals surface area contributed by atoms with Crippen molar-refractivity contribution < 1.29 is 19.7 Å². The van der Waals surface area contributed by atoms with Crippen LogP contribution in [0.25, 0.3) is 0 Å². The number of methoxy groups -OCH3 is 1. The molecule has 2 rings (SSSR count). The molecule has 2 aromatic carbocycles. The molecule has 0 aliphatic carbocycles. The van der Waals surface area contributed by atoms with Crippen molar-refractivity contribution in [3.63, 3.8) is 0 Å². The van der Waals surface area contributed by atoms with Crippen molar-refractivity contribution in [3.8, 4) is 17.2 Å². The summed E-state index contributed by atoms with van der Waals surface area (Å²) in [5, 5.41) is 18.8. The Bertz CT molecular complexity index is 637. The third-order valence-electron chi connectivity index (χ3n) is 2.63. The molecule has 0 aliphatic heterocycles. The number of phenols is 2. The maximum absolute atomic E-state index is 12.3. The monoisotopic (exact) mass is 278 g/mol. The second-order valence-corrected chi connectivity index (χ2v) is 4.29. The zero-order chi connectivity index (χ0) is 14.0.